The summed E-state index contributed by atoms with van der Waals surface area (Å²) in [6, 6.07) is 34.2. The zero-order chi connectivity index (χ0) is 35.8. The molecule has 0 saturated carbocycles. The van der Waals surface area contributed by atoms with E-state index in [2.05, 4.69) is 97.1 Å². The smallest absolute Gasteiger partial charge is 0 e. The van der Waals surface area contributed by atoms with E-state index in [0.717, 1.165) is 68.6 Å². The molecule has 0 spiro atoms. The summed E-state index contributed by atoms with van der Waals surface area (Å²) >= 11 is -1.81. The fourth-order valence-electron chi connectivity index (χ4n) is 8.22. The Balaban J connectivity index is 0.000000174. The number of pyridine rings is 2. The van der Waals surface area contributed by atoms with Crippen molar-refractivity contribution in [1.29, 1.82) is 0 Å². The molecule has 271 valence electrons. The molecule has 4 aromatic carbocycles. The van der Waals surface area contributed by atoms with Gasteiger partial charge in [-0.1, -0.05) is 46.8 Å². The minimum absolute atomic E-state index is 0. The Hall–Kier alpha value is -4.03. The maximum atomic E-state index is 6.20. The zero-order valence-electron chi connectivity index (χ0n) is 31.4. The van der Waals surface area contributed by atoms with Crippen molar-refractivity contribution < 1.29 is 29.3 Å². The molecular formula is C47H46GeIrN2O2-2. The van der Waals surface area contributed by atoms with Crippen LogP contribution < -0.4 is 9.13 Å². The van der Waals surface area contributed by atoms with E-state index in [1.807, 2.05) is 30.5 Å². The molecule has 0 N–H and O–H groups in total. The van der Waals surface area contributed by atoms with Gasteiger partial charge < -0.3 is 14.1 Å². The van der Waals surface area contributed by atoms with Gasteiger partial charge in [0.1, 0.15) is 11.3 Å². The van der Waals surface area contributed by atoms with Gasteiger partial charge in [-0.05, 0) is 55.1 Å². The SMILES string of the molecule is COc1ccccc1-c1ccc2c(c1)oc1c[c-]c(-c3nccc4c3CCCC4)cc12.Cc1cc(-c2[c-]ccc3c2CCCC3)nc[c]1[Ge]([CH3])([CH3])[CH3].[Ir]. The Kier molecular flexibility index (Phi) is 11.1. The number of aryl methyl sites for hydroxylation is 3. The Morgan fingerprint density at radius 1 is 0.755 bits per heavy atom. The van der Waals surface area contributed by atoms with Crippen molar-refractivity contribution in [2.24, 2.45) is 0 Å². The number of ether oxygens (including phenoxy) is 1. The van der Waals surface area contributed by atoms with Gasteiger partial charge in [0.2, 0.25) is 0 Å². The van der Waals surface area contributed by atoms with Crippen LogP contribution in [0.2, 0.25) is 17.3 Å². The number of hydrogen-bond donors (Lipinski definition) is 0. The summed E-state index contributed by atoms with van der Waals surface area (Å²) in [6.07, 6.45) is 13.8. The average Bonchev–Trinajstić information content (AvgIpc) is 3.54. The minimum atomic E-state index is -1.81. The first-order chi connectivity index (χ1) is 25.3. The van der Waals surface area contributed by atoms with Crippen LogP contribution >= 0.6 is 0 Å². The molecule has 2 aliphatic carbocycles. The molecule has 3 aromatic heterocycles. The Labute approximate surface area is 330 Å². The molecule has 53 heavy (non-hydrogen) atoms. The van der Waals surface area contributed by atoms with Gasteiger partial charge in [0.25, 0.3) is 0 Å². The summed E-state index contributed by atoms with van der Waals surface area (Å²) < 4.78 is 13.3. The second kappa shape index (κ2) is 15.8. The van der Waals surface area contributed by atoms with Gasteiger partial charge in [0.15, 0.2) is 0 Å². The first-order valence-electron chi connectivity index (χ1n) is 18.8. The summed E-state index contributed by atoms with van der Waals surface area (Å²) in [5.41, 5.74) is 15.5. The fourth-order valence-corrected chi connectivity index (χ4v) is 11.8. The molecule has 9 rings (SSSR count). The normalized spacial score (nSPS) is 13.8. The number of rotatable bonds is 5. The van der Waals surface area contributed by atoms with E-state index in [-0.39, 0.29) is 20.1 Å². The van der Waals surface area contributed by atoms with Crippen molar-refractivity contribution in [1.82, 2.24) is 9.97 Å². The molecule has 0 unspecified atom stereocenters. The van der Waals surface area contributed by atoms with Crippen LogP contribution in [0.5, 0.6) is 5.75 Å². The molecule has 7 aromatic rings. The van der Waals surface area contributed by atoms with Crippen molar-refractivity contribution in [3.05, 3.63) is 131 Å². The third kappa shape index (κ3) is 7.54. The van der Waals surface area contributed by atoms with Crippen LogP contribution in [0.3, 0.4) is 0 Å². The minimum Gasteiger partial charge on any atom is 0 e. The van der Waals surface area contributed by atoms with Crippen LogP contribution in [0, 0.1) is 19.1 Å². The van der Waals surface area contributed by atoms with E-state index in [1.54, 1.807) is 7.11 Å². The molecule has 1 radical (unpaired) electrons. The van der Waals surface area contributed by atoms with Crippen LogP contribution in [-0.4, -0.2) is 30.3 Å². The van der Waals surface area contributed by atoms with Crippen molar-refractivity contribution in [2.75, 3.05) is 7.11 Å². The maximum Gasteiger partial charge on any atom is 0 e. The van der Waals surface area contributed by atoms with Gasteiger partial charge in [-0.3, -0.25) is 0 Å². The van der Waals surface area contributed by atoms with Gasteiger partial charge in [-0.25, -0.2) is 0 Å². The summed E-state index contributed by atoms with van der Waals surface area (Å²) in [7, 11) is 1.70. The molecular weight excluding hydrogens is 889 g/mol. The van der Waals surface area contributed by atoms with Crippen molar-refractivity contribution in [2.45, 2.75) is 75.6 Å². The molecule has 0 amide bonds. The van der Waals surface area contributed by atoms with E-state index in [4.69, 9.17) is 19.1 Å². The molecule has 3 heterocycles. The number of nitrogens with zero attached hydrogens (tertiary/aromatic N) is 2. The van der Waals surface area contributed by atoms with Crippen molar-refractivity contribution >= 4 is 39.6 Å². The number of aromatic nitrogens is 2. The third-order valence-electron chi connectivity index (χ3n) is 10.9. The predicted molar refractivity (Wildman–Crippen MR) is 217 cm³/mol. The van der Waals surface area contributed by atoms with Crippen LogP contribution in [-0.2, 0) is 45.8 Å². The molecule has 0 saturated heterocycles. The fraction of sp³-hybridized carbons (Fsp3) is 0.277. The molecule has 0 aliphatic heterocycles. The molecule has 6 heteroatoms. The number of methoxy groups -OCH3 is 1. The molecule has 0 bridgehead atoms. The van der Waals surface area contributed by atoms with Crippen molar-refractivity contribution in [3.63, 3.8) is 0 Å². The Bertz CT molecular complexity index is 2430. The quantitative estimate of drug-likeness (QED) is 0.127. The third-order valence-corrected chi connectivity index (χ3v) is 15.3. The van der Waals surface area contributed by atoms with Gasteiger partial charge in [-0.15, -0.1) is 23.8 Å². The molecule has 0 atom stereocenters. The number of furan rings is 1. The van der Waals surface area contributed by atoms with E-state index in [0.29, 0.717) is 0 Å². The molecule has 4 nitrogen and oxygen atoms in total. The average molecular weight is 936 g/mol. The second-order valence-corrected chi connectivity index (χ2v) is 25.9. The molecule has 0 fully saturated rings. The number of benzene rings is 4. The Morgan fingerprint density at radius 3 is 2.28 bits per heavy atom. The van der Waals surface area contributed by atoms with Crippen molar-refractivity contribution in [3.8, 4) is 39.4 Å². The van der Waals surface area contributed by atoms with Gasteiger partial charge in [0.05, 0.1) is 12.7 Å². The maximum absolute atomic E-state index is 6.20. The van der Waals surface area contributed by atoms with Crippen LogP contribution in [0.4, 0.5) is 0 Å². The number of fused-ring (bicyclic) bond motifs is 5. The van der Waals surface area contributed by atoms with Gasteiger partial charge in [0, 0.05) is 37.3 Å². The number of hydrogen-bond acceptors (Lipinski definition) is 4. The van der Waals surface area contributed by atoms with Gasteiger partial charge >= 0.3 is 131 Å². The number of para-hydroxylation sites is 1. The van der Waals surface area contributed by atoms with E-state index in [9.17, 15) is 0 Å². The van der Waals surface area contributed by atoms with E-state index in [1.165, 1.54) is 76.3 Å². The van der Waals surface area contributed by atoms with Crippen LogP contribution in [0.15, 0.2) is 95.7 Å². The summed E-state index contributed by atoms with van der Waals surface area (Å²) in [5.74, 6) is 8.15. The summed E-state index contributed by atoms with van der Waals surface area (Å²) in [5, 5.41) is 2.21. The zero-order valence-corrected chi connectivity index (χ0v) is 35.9. The summed E-state index contributed by atoms with van der Waals surface area (Å²) in [4.78, 5) is 9.53. The molecule has 2 aliphatic rings. The van der Waals surface area contributed by atoms with E-state index >= 15 is 0 Å². The monoisotopic (exact) mass is 937 g/mol. The van der Waals surface area contributed by atoms with Crippen LogP contribution in [0.1, 0.15) is 53.5 Å². The first-order valence-corrected chi connectivity index (χ1v) is 26.1. The predicted octanol–water partition coefficient (Wildman–Crippen LogP) is 11.3. The first kappa shape index (κ1) is 37.3. The second-order valence-electron chi connectivity index (χ2n) is 15.3. The Morgan fingerprint density at radius 2 is 1.51 bits per heavy atom. The topological polar surface area (TPSA) is 48.2 Å². The van der Waals surface area contributed by atoms with Gasteiger partial charge in [-0.2, -0.15) is 0 Å². The van der Waals surface area contributed by atoms with Crippen LogP contribution in [0.25, 0.3) is 55.6 Å². The van der Waals surface area contributed by atoms with E-state index < -0.39 is 13.3 Å². The largest absolute Gasteiger partial charge is 0 e. The summed E-state index contributed by atoms with van der Waals surface area (Å²) in [6.45, 7) is 2.24. The standard InChI is InChI=1S/C28H22NO2.C19H24GeN.Ir/c1-30-25-9-5-4-7-21(25)19-10-12-23-24-16-20(11-13-26(24)31-27(23)17-19)28-22-8-3-2-6-18(22)14-15-29-28;1-14-12-19(21-13-18(14)20(2,3)4)17-11-7-9-15-8-5-6-10-16(15)17;/h4-5,7,9-10,12-17H,2-3,6,8H2,1H3;7,9,12-13H,5-6,8,10H2,1-4H3;/q2*-1;.